The van der Waals surface area contributed by atoms with Crippen LogP contribution in [0.15, 0.2) is 28.7 Å². The monoisotopic (exact) mass is 586 g/mol. The summed E-state index contributed by atoms with van der Waals surface area (Å²) >= 11 is 0. The van der Waals surface area contributed by atoms with Crippen LogP contribution in [-0.2, 0) is 21.1 Å². The fourth-order valence-electron chi connectivity index (χ4n) is 5.33. The van der Waals surface area contributed by atoms with Gasteiger partial charge in [-0.05, 0) is 31.4 Å². The number of halogens is 5. The quantitative estimate of drug-likeness (QED) is 0.500. The zero-order valence-corrected chi connectivity index (χ0v) is 22.1. The summed E-state index contributed by atoms with van der Waals surface area (Å²) in [6.07, 6.45) is -6.98. The fourth-order valence-corrected chi connectivity index (χ4v) is 6.53. The molecule has 2 heterocycles. The summed E-state index contributed by atoms with van der Waals surface area (Å²) in [6, 6.07) is 8.53. The van der Waals surface area contributed by atoms with Crippen LogP contribution in [0.3, 0.4) is 0 Å². The molecule has 1 aromatic heterocycles. The molecular formula is C26H27F5N4O4S. The molecule has 2 saturated carbocycles. The molecule has 1 aromatic carbocycles. The number of rotatable bonds is 6. The average Bonchev–Trinajstić information content (AvgIpc) is 3.53. The van der Waals surface area contributed by atoms with E-state index in [2.05, 4.69) is 10.3 Å². The summed E-state index contributed by atoms with van der Waals surface area (Å²) in [5, 5.41) is 11.9. The van der Waals surface area contributed by atoms with Crippen molar-refractivity contribution in [2.45, 2.75) is 62.1 Å². The van der Waals surface area contributed by atoms with Gasteiger partial charge in [0.25, 0.3) is 0 Å². The van der Waals surface area contributed by atoms with Crippen LogP contribution in [-0.4, -0.2) is 61.5 Å². The molecule has 216 valence electrons. The highest BCUT2D eigenvalue weighted by molar-refractivity contribution is 7.91. The Hall–Kier alpha value is -3.21. The largest absolute Gasteiger partial charge is 0.444 e. The number of hydrogen-bond donors (Lipinski definition) is 1. The molecule has 0 radical (unpaired) electrons. The Morgan fingerprint density at radius 2 is 1.80 bits per heavy atom. The molecule has 14 heteroatoms. The maximum absolute atomic E-state index is 14.5. The molecule has 1 aliphatic heterocycles. The summed E-state index contributed by atoms with van der Waals surface area (Å²) in [5.74, 6) is -6.96. The van der Waals surface area contributed by atoms with Gasteiger partial charge in [0.05, 0.1) is 23.5 Å². The third-order valence-corrected chi connectivity index (χ3v) is 9.33. The van der Waals surface area contributed by atoms with Crippen LogP contribution in [0.2, 0.25) is 0 Å². The first-order valence-electron chi connectivity index (χ1n) is 12.9. The first-order valence-corrected chi connectivity index (χ1v) is 14.7. The maximum atomic E-state index is 14.5. The highest BCUT2D eigenvalue weighted by Crippen LogP contribution is 2.48. The van der Waals surface area contributed by atoms with Crippen molar-refractivity contribution in [3.63, 3.8) is 0 Å². The maximum Gasteiger partial charge on any atom is 0.397 e. The molecule has 5 rings (SSSR count). The van der Waals surface area contributed by atoms with E-state index in [4.69, 9.17) is 4.42 Å². The van der Waals surface area contributed by atoms with Gasteiger partial charge >= 0.3 is 6.18 Å². The van der Waals surface area contributed by atoms with Gasteiger partial charge in [-0.15, -0.1) is 0 Å². The number of anilines is 1. The third-order valence-electron chi connectivity index (χ3n) is 7.73. The minimum Gasteiger partial charge on any atom is -0.444 e. The van der Waals surface area contributed by atoms with Crippen molar-refractivity contribution < 1.29 is 39.6 Å². The Balaban J connectivity index is 1.48. The number of carbonyl (C=O) groups is 1. The van der Waals surface area contributed by atoms with Gasteiger partial charge in [-0.3, -0.25) is 4.79 Å². The molecule has 3 aliphatic rings. The molecule has 1 saturated heterocycles. The van der Waals surface area contributed by atoms with E-state index in [0.717, 1.165) is 0 Å². The van der Waals surface area contributed by atoms with Crippen molar-refractivity contribution in [3.05, 3.63) is 35.9 Å². The van der Waals surface area contributed by atoms with E-state index in [-0.39, 0.29) is 29.4 Å². The van der Waals surface area contributed by atoms with Gasteiger partial charge in [-0.25, -0.2) is 22.2 Å². The van der Waals surface area contributed by atoms with Crippen molar-refractivity contribution in [2.24, 2.45) is 5.92 Å². The second kappa shape index (κ2) is 10.0. The zero-order valence-electron chi connectivity index (χ0n) is 21.3. The number of nitrogens with zero attached hydrogens (tertiary/aromatic N) is 3. The smallest absolute Gasteiger partial charge is 0.397 e. The molecule has 3 fully saturated rings. The Morgan fingerprint density at radius 3 is 2.38 bits per heavy atom. The lowest BCUT2D eigenvalue weighted by Gasteiger charge is -2.34. The number of aromatic nitrogens is 1. The molecule has 1 N–H and O–H groups in total. The highest BCUT2D eigenvalue weighted by Gasteiger charge is 2.51. The van der Waals surface area contributed by atoms with E-state index in [1.54, 1.807) is 24.3 Å². The summed E-state index contributed by atoms with van der Waals surface area (Å²) < 4.78 is 97.7. The minimum absolute atomic E-state index is 0.00580. The van der Waals surface area contributed by atoms with Crippen molar-refractivity contribution in [1.29, 1.82) is 5.26 Å². The standard InChI is InChI=1S/C26H27F5N4O4S/c27-25(28)6-5-18(19(13-25)23(36)34-24(15-32)7-8-24)22-21(33-20(39-22)14-26(29,30)31)16-1-3-17(4-2-16)35-9-11-40(37,38)12-10-35/h1-4,18-19H,5-14H2,(H,34,36)/t18-,19-/m1/s1. The van der Waals surface area contributed by atoms with Crippen LogP contribution in [0.4, 0.5) is 27.6 Å². The number of alkyl halides is 5. The van der Waals surface area contributed by atoms with E-state index < -0.39 is 70.4 Å². The second-order valence-electron chi connectivity index (χ2n) is 10.8. The molecule has 1 amide bonds. The fraction of sp³-hybridized carbons (Fsp3) is 0.577. The number of carbonyl (C=O) groups excluding carboxylic acids is 1. The first kappa shape index (κ1) is 28.3. The lowest BCUT2D eigenvalue weighted by Crippen LogP contribution is -2.45. The molecule has 0 spiro atoms. The summed E-state index contributed by atoms with van der Waals surface area (Å²) in [5.41, 5.74) is -0.00173. The average molecular weight is 587 g/mol. The third kappa shape index (κ3) is 6.24. The van der Waals surface area contributed by atoms with E-state index in [1.165, 1.54) is 0 Å². The lowest BCUT2D eigenvalue weighted by atomic mass is 9.74. The van der Waals surface area contributed by atoms with E-state index in [9.17, 15) is 40.4 Å². The molecular weight excluding hydrogens is 559 g/mol. The predicted molar refractivity (Wildman–Crippen MR) is 133 cm³/mol. The van der Waals surface area contributed by atoms with Crippen LogP contribution in [0.25, 0.3) is 11.3 Å². The van der Waals surface area contributed by atoms with Crippen molar-refractivity contribution >= 4 is 21.4 Å². The summed E-state index contributed by atoms with van der Waals surface area (Å²) in [6.45, 7) is 0.591. The molecule has 2 aliphatic carbocycles. The number of oxazole rings is 1. The molecule has 40 heavy (non-hydrogen) atoms. The Labute approximate surface area is 227 Å². The van der Waals surface area contributed by atoms with Gasteiger partial charge in [-0.2, -0.15) is 18.4 Å². The van der Waals surface area contributed by atoms with Crippen LogP contribution in [0.1, 0.15) is 49.7 Å². The van der Waals surface area contributed by atoms with Gasteiger partial charge in [0.1, 0.15) is 23.4 Å². The van der Waals surface area contributed by atoms with Crippen LogP contribution < -0.4 is 10.2 Å². The molecule has 2 atom stereocenters. The van der Waals surface area contributed by atoms with Crippen molar-refractivity contribution in [3.8, 4) is 17.3 Å². The minimum atomic E-state index is -4.64. The SMILES string of the molecule is N#CC1(NC(=O)[C@@H]2CC(F)(F)CC[C@H]2c2oc(CC(F)(F)F)nc2-c2ccc(N3CCS(=O)(=O)CC3)cc2)CC1. The Kier molecular flexibility index (Phi) is 7.09. The van der Waals surface area contributed by atoms with Gasteiger partial charge in [0, 0.05) is 43.1 Å². The van der Waals surface area contributed by atoms with E-state index >= 15 is 0 Å². The topological polar surface area (TPSA) is 116 Å². The second-order valence-corrected chi connectivity index (χ2v) is 13.1. The van der Waals surface area contributed by atoms with E-state index in [0.29, 0.717) is 37.2 Å². The molecule has 0 bridgehead atoms. The van der Waals surface area contributed by atoms with Crippen LogP contribution in [0.5, 0.6) is 0 Å². The van der Waals surface area contributed by atoms with Gasteiger partial charge < -0.3 is 14.6 Å². The van der Waals surface area contributed by atoms with Crippen molar-refractivity contribution in [2.75, 3.05) is 29.5 Å². The first-order chi connectivity index (χ1) is 18.7. The Morgan fingerprint density at radius 1 is 1.15 bits per heavy atom. The number of hydrogen-bond acceptors (Lipinski definition) is 7. The molecule has 2 aromatic rings. The lowest BCUT2D eigenvalue weighted by molar-refractivity contribution is -0.135. The molecule has 8 nitrogen and oxygen atoms in total. The highest BCUT2D eigenvalue weighted by atomic mass is 32.2. The molecule has 0 unspecified atom stereocenters. The number of nitrogens with one attached hydrogen (secondary N) is 1. The van der Waals surface area contributed by atoms with Gasteiger partial charge in [0.2, 0.25) is 17.7 Å². The van der Waals surface area contributed by atoms with E-state index in [1.807, 2.05) is 11.0 Å². The number of nitriles is 1. The summed E-state index contributed by atoms with van der Waals surface area (Å²) in [4.78, 5) is 19.1. The van der Waals surface area contributed by atoms with Crippen LogP contribution in [0, 0.1) is 17.2 Å². The zero-order chi connectivity index (χ0) is 28.9. The predicted octanol–water partition coefficient (Wildman–Crippen LogP) is 4.37. The van der Waals surface area contributed by atoms with Crippen molar-refractivity contribution in [1.82, 2.24) is 10.3 Å². The normalized spacial score (nSPS) is 25.1. The van der Waals surface area contributed by atoms with Crippen LogP contribution >= 0.6 is 0 Å². The number of benzene rings is 1. The number of sulfone groups is 1. The summed E-state index contributed by atoms with van der Waals surface area (Å²) in [7, 11) is -3.10. The Bertz CT molecular complexity index is 1410. The number of amides is 1. The van der Waals surface area contributed by atoms with Gasteiger partial charge in [0.15, 0.2) is 9.84 Å². The van der Waals surface area contributed by atoms with Gasteiger partial charge in [-0.1, -0.05) is 12.1 Å².